The van der Waals surface area contributed by atoms with E-state index in [1.807, 2.05) is 25.1 Å². The Kier molecular flexibility index (Phi) is 4.47. The number of halogens is 1. The van der Waals surface area contributed by atoms with Gasteiger partial charge in [-0.2, -0.15) is 0 Å². The summed E-state index contributed by atoms with van der Waals surface area (Å²) in [4.78, 5) is 16.3. The van der Waals surface area contributed by atoms with Gasteiger partial charge in [-0.15, -0.1) is 0 Å². The number of hydrogen-bond donors (Lipinski definition) is 1. The predicted octanol–water partition coefficient (Wildman–Crippen LogP) is 1.62. The quantitative estimate of drug-likeness (QED) is 0.917. The van der Waals surface area contributed by atoms with Gasteiger partial charge in [-0.25, -0.2) is 0 Å². The summed E-state index contributed by atoms with van der Waals surface area (Å²) in [6.07, 6.45) is 0. The molecule has 1 unspecified atom stereocenters. The van der Waals surface area contributed by atoms with Crippen LogP contribution < -0.4 is 10.2 Å². The monoisotopic (exact) mass is 325 g/mol. The second kappa shape index (κ2) is 5.92. The molecule has 19 heavy (non-hydrogen) atoms. The van der Waals surface area contributed by atoms with Crippen molar-refractivity contribution in [3.63, 3.8) is 0 Å². The Morgan fingerprint density at radius 2 is 2.16 bits per heavy atom. The maximum absolute atomic E-state index is 12.3. The lowest BCUT2D eigenvalue weighted by Gasteiger charge is -2.41. The smallest absolute Gasteiger partial charge is 0.246 e. The van der Waals surface area contributed by atoms with Gasteiger partial charge < -0.3 is 15.1 Å². The zero-order chi connectivity index (χ0) is 14.0. The summed E-state index contributed by atoms with van der Waals surface area (Å²) < 4.78 is 1.07. The topological polar surface area (TPSA) is 35.6 Å². The SMILES string of the molecule is CNCC1C(=O)N(C)CCN1c1ccc(Br)cc1C. The number of rotatable bonds is 3. The number of likely N-dealkylation sites (N-methyl/N-ethyl adjacent to an activating group) is 2. The average Bonchev–Trinajstić information content (AvgIpc) is 2.36. The molecule has 1 N–H and O–H groups in total. The molecule has 0 aromatic heterocycles. The molecule has 1 heterocycles. The molecule has 0 spiro atoms. The first-order chi connectivity index (χ1) is 9.04. The minimum atomic E-state index is -0.122. The van der Waals surface area contributed by atoms with E-state index >= 15 is 0 Å². The van der Waals surface area contributed by atoms with Gasteiger partial charge in [0.2, 0.25) is 5.91 Å². The number of amides is 1. The standard InChI is InChI=1S/C14H20BrN3O/c1-10-8-11(15)4-5-12(10)18-7-6-17(3)14(19)13(18)9-16-2/h4-5,8,13,16H,6-7,9H2,1-3H3. The van der Waals surface area contributed by atoms with E-state index in [0.29, 0.717) is 6.54 Å². The summed E-state index contributed by atoms with van der Waals surface area (Å²) in [5.41, 5.74) is 2.33. The van der Waals surface area contributed by atoms with Gasteiger partial charge in [0.15, 0.2) is 0 Å². The summed E-state index contributed by atoms with van der Waals surface area (Å²) in [6.45, 7) is 4.39. The first kappa shape index (κ1) is 14.3. The van der Waals surface area contributed by atoms with Crippen molar-refractivity contribution in [1.29, 1.82) is 0 Å². The van der Waals surface area contributed by atoms with Crippen LogP contribution in [-0.4, -0.2) is 50.6 Å². The Morgan fingerprint density at radius 3 is 2.79 bits per heavy atom. The van der Waals surface area contributed by atoms with Crippen molar-refractivity contribution in [3.8, 4) is 0 Å². The van der Waals surface area contributed by atoms with Gasteiger partial charge in [0.25, 0.3) is 0 Å². The van der Waals surface area contributed by atoms with Gasteiger partial charge in [-0.1, -0.05) is 15.9 Å². The first-order valence-electron chi connectivity index (χ1n) is 6.47. The van der Waals surface area contributed by atoms with Gasteiger partial charge >= 0.3 is 0 Å². The lowest BCUT2D eigenvalue weighted by molar-refractivity contribution is -0.132. The lowest BCUT2D eigenvalue weighted by atomic mass is 10.1. The zero-order valence-electron chi connectivity index (χ0n) is 11.6. The number of nitrogens with zero attached hydrogens (tertiary/aromatic N) is 2. The van der Waals surface area contributed by atoms with Crippen LogP contribution in [0.15, 0.2) is 22.7 Å². The highest BCUT2D eigenvalue weighted by atomic mass is 79.9. The van der Waals surface area contributed by atoms with E-state index in [1.165, 1.54) is 5.56 Å². The fourth-order valence-corrected chi connectivity index (χ4v) is 3.01. The van der Waals surface area contributed by atoms with E-state index in [-0.39, 0.29) is 11.9 Å². The van der Waals surface area contributed by atoms with Crippen LogP contribution in [0.3, 0.4) is 0 Å². The summed E-state index contributed by atoms with van der Waals surface area (Å²) in [6, 6.07) is 6.08. The van der Waals surface area contributed by atoms with Gasteiger partial charge in [0, 0.05) is 36.8 Å². The second-order valence-electron chi connectivity index (χ2n) is 4.96. The van der Waals surface area contributed by atoms with Crippen LogP contribution in [0, 0.1) is 6.92 Å². The van der Waals surface area contributed by atoms with E-state index in [4.69, 9.17) is 0 Å². The molecule has 2 rings (SSSR count). The van der Waals surface area contributed by atoms with Crippen molar-refractivity contribution < 1.29 is 4.79 Å². The molecular formula is C14H20BrN3O. The molecule has 1 atom stereocenters. The van der Waals surface area contributed by atoms with Gasteiger partial charge in [0.1, 0.15) is 6.04 Å². The fraction of sp³-hybridized carbons (Fsp3) is 0.500. The molecule has 1 aliphatic heterocycles. The van der Waals surface area contributed by atoms with Crippen LogP contribution in [0.4, 0.5) is 5.69 Å². The van der Waals surface area contributed by atoms with Crippen molar-refractivity contribution in [1.82, 2.24) is 10.2 Å². The molecule has 1 fully saturated rings. The molecule has 4 nitrogen and oxygen atoms in total. The van der Waals surface area contributed by atoms with Gasteiger partial charge in [-0.05, 0) is 37.7 Å². The van der Waals surface area contributed by atoms with Crippen LogP contribution in [0.1, 0.15) is 5.56 Å². The molecule has 1 aromatic carbocycles. The molecule has 5 heteroatoms. The Balaban J connectivity index is 2.32. The van der Waals surface area contributed by atoms with E-state index in [9.17, 15) is 4.79 Å². The van der Waals surface area contributed by atoms with E-state index in [1.54, 1.807) is 0 Å². The Labute approximate surface area is 122 Å². The molecule has 0 bridgehead atoms. The molecule has 1 aliphatic rings. The third-order valence-corrected chi connectivity index (χ3v) is 4.07. The Bertz CT molecular complexity index is 478. The second-order valence-corrected chi connectivity index (χ2v) is 5.87. The maximum atomic E-state index is 12.3. The van der Waals surface area contributed by atoms with Crippen molar-refractivity contribution >= 4 is 27.5 Å². The van der Waals surface area contributed by atoms with Crippen molar-refractivity contribution in [2.45, 2.75) is 13.0 Å². The minimum absolute atomic E-state index is 0.122. The van der Waals surface area contributed by atoms with E-state index in [0.717, 1.165) is 23.2 Å². The van der Waals surface area contributed by atoms with Crippen molar-refractivity contribution in [3.05, 3.63) is 28.2 Å². The third-order valence-electron chi connectivity index (χ3n) is 3.58. The van der Waals surface area contributed by atoms with Crippen LogP contribution in [-0.2, 0) is 4.79 Å². The number of carbonyl (C=O) groups excluding carboxylic acids is 1. The van der Waals surface area contributed by atoms with Crippen LogP contribution in [0.2, 0.25) is 0 Å². The molecule has 104 valence electrons. The number of nitrogens with one attached hydrogen (secondary N) is 1. The number of aryl methyl sites for hydroxylation is 1. The summed E-state index contributed by atoms with van der Waals surface area (Å²) in [7, 11) is 3.76. The molecule has 1 saturated heterocycles. The highest BCUT2D eigenvalue weighted by Gasteiger charge is 2.33. The molecule has 1 amide bonds. The Hall–Kier alpha value is -1.07. The van der Waals surface area contributed by atoms with Crippen LogP contribution in [0.25, 0.3) is 0 Å². The molecule has 1 aromatic rings. The number of piperazine rings is 1. The summed E-state index contributed by atoms with van der Waals surface area (Å²) >= 11 is 3.48. The highest BCUT2D eigenvalue weighted by Crippen LogP contribution is 2.27. The normalized spacial score (nSPS) is 20.0. The highest BCUT2D eigenvalue weighted by molar-refractivity contribution is 9.10. The average molecular weight is 326 g/mol. The van der Waals surface area contributed by atoms with Gasteiger partial charge in [0.05, 0.1) is 0 Å². The minimum Gasteiger partial charge on any atom is -0.356 e. The molecule has 0 radical (unpaired) electrons. The Morgan fingerprint density at radius 1 is 1.42 bits per heavy atom. The van der Waals surface area contributed by atoms with E-state index < -0.39 is 0 Å². The third kappa shape index (κ3) is 2.92. The zero-order valence-corrected chi connectivity index (χ0v) is 13.2. The number of hydrogen-bond acceptors (Lipinski definition) is 3. The van der Waals surface area contributed by atoms with Gasteiger partial charge in [-0.3, -0.25) is 4.79 Å². The van der Waals surface area contributed by atoms with E-state index in [2.05, 4.69) is 45.2 Å². The summed E-state index contributed by atoms with van der Waals surface area (Å²) in [5, 5.41) is 3.12. The first-order valence-corrected chi connectivity index (χ1v) is 7.26. The predicted molar refractivity (Wildman–Crippen MR) is 81.6 cm³/mol. The number of benzene rings is 1. The van der Waals surface area contributed by atoms with Crippen LogP contribution >= 0.6 is 15.9 Å². The lowest BCUT2D eigenvalue weighted by Crippen LogP contribution is -2.59. The van der Waals surface area contributed by atoms with Crippen molar-refractivity contribution in [2.24, 2.45) is 0 Å². The molecule has 0 aliphatic carbocycles. The van der Waals surface area contributed by atoms with Crippen molar-refractivity contribution in [2.75, 3.05) is 38.6 Å². The summed E-state index contributed by atoms with van der Waals surface area (Å²) in [5.74, 6) is 0.183. The molecule has 0 saturated carbocycles. The fourth-order valence-electron chi connectivity index (χ4n) is 2.53. The largest absolute Gasteiger partial charge is 0.356 e. The molecular weight excluding hydrogens is 306 g/mol. The maximum Gasteiger partial charge on any atom is 0.246 e. The number of carbonyl (C=O) groups is 1. The number of anilines is 1. The van der Waals surface area contributed by atoms with Crippen LogP contribution in [0.5, 0.6) is 0 Å².